The minimum absolute atomic E-state index is 0.0811. The Morgan fingerprint density at radius 1 is 0.913 bits per heavy atom. The highest BCUT2D eigenvalue weighted by Crippen LogP contribution is 2.33. The lowest BCUT2D eigenvalue weighted by atomic mass is 9.78. The predicted octanol–water partition coefficient (Wildman–Crippen LogP) is 2.75. The van der Waals surface area contributed by atoms with Gasteiger partial charge in [-0.1, -0.05) is 38.1 Å². The molecule has 0 amide bonds. The van der Waals surface area contributed by atoms with E-state index >= 15 is 0 Å². The van der Waals surface area contributed by atoms with Crippen LogP contribution in [0, 0.1) is 0 Å². The molecule has 4 nitrogen and oxygen atoms in total. The van der Waals surface area contributed by atoms with Crippen LogP contribution in [0.4, 0.5) is 0 Å². The van der Waals surface area contributed by atoms with E-state index in [2.05, 4.69) is 26.0 Å². The topological polar surface area (TPSA) is 58.9 Å². The summed E-state index contributed by atoms with van der Waals surface area (Å²) >= 11 is 0. The zero-order valence-electron chi connectivity index (χ0n) is 13.8. The van der Waals surface area contributed by atoms with Crippen LogP contribution in [0.1, 0.15) is 25.0 Å². The summed E-state index contributed by atoms with van der Waals surface area (Å²) in [6, 6.07) is 15.9. The molecule has 2 aromatic rings. The average Bonchev–Trinajstić information content (AvgIpc) is 2.60. The van der Waals surface area contributed by atoms with Gasteiger partial charge in [-0.15, -0.1) is 0 Å². The van der Waals surface area contributed by atoms with Crippen molar-refractivity contribution in [1.29, 1.82) is 0 Å². The van der Waals surface area contributed by atoms with Gasteiger partial charge < -0.3 is 19.7 Å². The van der Waals surface area contributed by atoms with Crippen molar-refractivity contribution in [2.24, 2.45) is 0 Å². The van der Waals surface area contributed by atoms with Crippen LogP contribution in [-0.4, -0.2) is 36.6 Å². The largest absolute Gasteiger partial charge is 0.497 e. The lowest BCUT2D eigenvalue weighted by molar-refractivity contribution is 0.0536. The Morgan fingerprint density at radius 3 is 1.83 bits per heavy atom. The summed E-state index contributed by atoms with van der Waals surface area (Å²) in [7, 11) is 1.66. The van der Waals surface area contributed by atoms with Gasteiger partial charge >= 0.3 is 0 Å². The Balaban J connectivity index is 2.12. The Hall–Kier alpha value is -2.04. The van der Waals surface area contributed by atoms with Gasteiger partial charge in [0, 0.05) is 5.41 Å². The molecule has 23 heavy (non-hydrogen) atoms. The number of hydrogen-bond donors (Lipinski definition) is 2. The fourth-order valence-electron chi connectivity index (χ4n) is 2.39. The first-order chi connectivity index (χ1) is 11.0. The molecule has 0 saturated heterocycles. The molecule has 2 N–H and O–H groups in total. The quantitative estimate of drug-likeness (QED) is 0.824. The summed E-state index contributed by atoms with van der Waals surface area (Å²) in [6.07, 6.45) is -0.856. The van der Waals surface area contributed by atoms with E-state index in [1.165, 1.54) is 5.56 Å². The summed E-state index contributed by atoms with van der Waals surface area (Å²) in [5, 5.41) is 18.1. The van der Waals surface area contributed by atoms with Gasteiger partial charge in [-0.2, -0.15) is 0 Å². The molecule has 0 aliphatic rings. The first kappa shape index (κ1) is 17.3. The number of rotatable bonds is 7. The number of aliphatic hydroxyl groups excluding tert-OH is 2. The van der Waals surface area contributed by atoms with Crippen LogP contribution in [0.2, 0.25) is 0 Å². The van der Waals surface area contributed by atoms with Crippen molar-refractivity contribution in [1.82, 2.24) is 0 Å². The van der Waals surface area contributed by atoms with E-state index in [-0.39, 0.29) is 18.6 Å². The first-order valence-electron chi connectivity index (χ1n) is 7.64. The zero-order chi connectivity index (χ0) is 16.9. The monoisotopic (exact) mass is 316 g/mol. The highest BCUT2D eigenvalue weighted by molar-refractivity contribution is 5.41. The molecule has 0 spiro atoms. The number of ether oxygens (including phenoxy) is 2. The summed E-state index contributed by atoms with van der Waals surface area (Å²) in [5.74, 6) is 1.52. The van der Waals surface area contributed by atoms with Crippen LogP contribution in [0.5, 0.6) is 11.5 Å². The van der Waals surface area contributed by atoms with E-state index in [0.717, 1.165) is 11.3 Å². The molecule has 0 saturated carbocycles. The van der Waals surface area contributed by atoms with E-state index in [4.69, 9.17) is 14.6 Å². The van der Waals surface area contributed by atoms with Gasteiger partial charge in [0.1, 0.15) is 24.2 Å². The van der Waals surface area contributed by atoms with Gasteiger partial charge in [0.2, 0.25) is 0 Å². The van der Waals surface area contributed by atoms with E-state index in [1.807, 2.05) is 36.4 Å². The van der Waals surface area contributed by atoms with Crippen LogP contribution < -0.4 is 9.47 Å². The molecule has 2 aromatic carbocycles. The van der Waals surface area contributed by atoms with E-state index in [1.54, 1.807) is 7.11 Å². The van der Waals surface area contributed by atoms with E-state index < -0.39 is 6.10 Å². The van der Waals surface area contributed by atoms with E-state index in [9.17, 15) is 5.11 Å². The maximum absolute atomic E-state index is 9.31. The van der Waals surface area contributed by atoms with Gasteiger partial charge in [0.05, 0.1) is 13.7 Å². The molecule has 2 rings (SSSR count). The van der Waals surface area contributed by atoms with E-state index in [0.29, 0.717) is 5.75 Å². The first-order valence-corrected chi connectivity index (χ1v) is 7.64. The van der Waals surface area contributed by atoms with Crippen molar-refractivity contribution in [3.05, 3.63) is 59.7 Å². The number of hydrogen-bond acceptors (Lipinski definition) is 4. The van der Waals surface area contributed by atoms with Gasteiger partial charge in [0.15, 0.2) is 0 Å². The molecule has 1 unspecified atom stereocenters. The molecule has 0 aliphatic carbocycles. The van der Waals surface area contributed by atoms with Crippen LogP contribution in [0.15, 0.2) is 48.5 Å². The minimum atomic E-state index is -0.856. The van der Waals surface area contributed by atoms with Crippen LogP contribution >= 0.6 is 0 Å². The normalized spacial score (nSPS) is 12.7. The molecule has 0 radical (unpaired) electrons. The maximum Gasteiger partial charge on any atom is 0.119 e. The molecular weight excluding hydrogens is 292 g/mol. The Morgan fingerprint density at radius 2 is 1.39 bits per heavy atom. The van der Waals surface area contributed by atoms with Gasteiger partial charge in [0.25, 0.3) is 0 Å². The van der Waals surface area contributed by atoms with Gasteiger partial charge in [-0.05, 0) is 35.4 Å². The maximum atomic E-state index is 9.31. The molecule has 4 heteroatoms. The third-order valence-electron chi connectivity index (χ3n) is 4.04. The molecule has 0 fully saturated rings. The molecule has 0 aliphatic heterocycles. The third-order valence-corrected chi connectivity index (χ3v) is 4.04. The fraction of sp³-hybridized carbons (Fsp3) is 0.368. The van der Waals surface area contributed by atoms with Crippen LogP contribution in [0.25, 0.3) is 0 Å². The minimum Gasteiger partial charge on any atom is -0.497 e. The number of methoxy groups -OCH3 is 1. The van der Waals surface area contributed by atoms with Crippen LogP contribution in [0.3, 0.4) is 0 Å². The molecule has 0 aromatic heterocycles. The molecule has 1 atom stereocenters. The summed E-state index contributed by atoms with van der Waals surface area (Å²) < 4.78 is 10.6. The Labute approximate surface area is 137 Å². The average molecular weight is 316 g/mol. The number of aliphatic hydroxyl groups is 2. The second kappa shape index (κ2) is 7.49. The lowest BCUT2D eigenvalue weighted by Gasteiger charge is -2.26. The van der Waals surface area contributed by atoms with Gasteiger partial charge in [-0.3, -0.25) is 0 Å². The molecular formula is C19H24O4. The third kappa shape index (κ3) is 4.24. The molecule has 0 bridgehead atoms. The molecule has 124 valence electrons. The highest BCUT2D eigenvalue weighted by Gasteiger charge is 2.23. The standard InChI is InChI=1S/C19H24O4/c1-19(2,14-4-8-17(22-3)9-5-14)15-6-10-18(11-7-15)23-13-16(21)12-20/h4-11,16,20-21H,12-13H2,1-3H3. The zero-order valence-corrected chi connectivity index (χ0v) is 13.8. The van der Waals surface area contributed by atoms with Crippen molar-refractivity contribution >= 4 is 0 Å². The van der Waals surface area contributed by atoms with Crippen LogP contribution in [-0.2, 0) is 5.41 Å². The number of benzene rings is 2. The van der Waals surface area contributed by atoms with Crippen molar-refractivity contribution in [2.45, 2.75) is 25.4 Å². The summed E-state index contributed by atoms with van der Waals surface area (Å²) in [5.41, 5.74) is 2.22. The van der Waals surface area contributed by atoms with Crippen molar-refractivity contribution in [3.63, 3.8) is 0 Å². The Bertz CT molecular complexity index is 602. The highest BCUT2D eigenvalue weighted by atomic mass is 16.5. The van der Waals surface area contributed by atoms with Crippen molar-refractivity contribution in [2.75, 3.05) is 20.3 Å². The Kier molecular flexibility index (Phi) is 5.64. The lowest BCUT2D eigenvalue weighted by Crippen LogP contribution is -2.21. The second-order valence-corrected chi connectivity index (χ2v) is 6.03. The van der Waals surface area contributed by atoms with Crippen molar-refractivity contribution in [3.8, 4) is 11.5 Å². The summed E-state index contributed by atoms with van der Waals surface area (Å²) in [4.78, 5) is 0. The predicted molar refractivity (Wildman–Crippen MR) is 90.2 cm³/mol. The second-order valence-electron chi connectivity index (χ2n) is 6.03. The summed E-state index contributed by atoms with van der Waals surface area (Å²) in [6.45, 7) is 4.11. The van der Waals surface area contributed by atoms with Gasteiger partial charge in [-0.25, -0.2) is 0 Å². The SMILES string of the molecule is COc1ccc(C(C)(C)c2ccc(OCC(O)CO)cc2)cc1. The smallest absolute Gasteiger partial charge is 0.119 e. The molecule has 0 heterocycles. The van der Waals surface area contributed by atoms with Crippen molar-refractivity contribution < 1.29 is 19.7 Å². The fourth-order valence-corrected chi connectivity index (χ4v) is 2.39.